The maximum absolute atomic E-state index is 12.7. The van der Waals surface area contributed by atoms with Gasteiger partial charge in [0.05, 0.1) is 11.1 Å². The summed E-state index contributed by atoms with van der Waals surface area (Å²) in [6.07, 6.45) is 1.71. The predicted octanol–water partition coefficient (Wildman–Crippen LogP) is 4.90. The van der Waals surface area contributed by atoms with Crippen molar-refractivity contribution < 1.29 is 19.1 Å². The van der Waals surface area contributed by atoms with Crippen molar-refractivity contribution in [1.82, 2.24) is 0 Å². The molecule has 5 heteroatoms. The van der Waals surface area contributed by atoms with Gasteiger partial charge in [0, 0.05) is 25.8 Å². The molecule has 150 valence electrons. The van der Waals surface area contributed by atoms with Gasteiger partial charge < -0.3 is 14.4 Å². The first-order valence-electron chi connectivity index (χ1n) is 9.56. The average Bonchev–Trinajstić information content (AvgIpc) is 3.03. The van der Waals surface area contributed by atoms with Crippen LogP contribution in [-0.4, -0.2) is 25.8 Å². The minimum atomic E-state index is -0.450. The number of carbonyl (C=O) groups excluding carboxylic acids is 2. The Morgan fingerprint density at radius 1 is 1.00 bits per heavy atom. The molecule has 0 bridgehead atoms. The van der Waals surface area contributed by atoms with Crippen molar-refractivity contribution in [3.63, 3.8) is 0 Å². The van der Waals surface area contributed by atoms with Crippen molar-refractivity contribution in [2.45, 2.75) is 6.92 Å². The number of Topliss-reactive ketones (excluding diaryl/α,β-unsaturated/α-hetero) is 1. The van der Waals surface area contributed by atoms with Crippen LogP contribution in [-0.2, 0) is 0 Å². The molecule has 0 spiro atoms. The fourth-order valence-electron chi connectivity index (χ4n) is 3.21. The monoisotopic (exact) mass is 399 g/mol. The molecule has 0 aromatic heterocycles. The molecule has 30 heavy (non-hydrogen) atoms. The highest BCUT2D eigenvalue weighted by Gasteiger charge is 2.28. The first kappa shape index (κ1) is 19.5. The molecule has 3 aromatic carbocycles. The Kier molecular flexibility index (Phi) is 5.11. The summed E-state index contributed by atoms with van der Waals surface area (Å²) >= 11 is 0. The highest BCUT2D eigenvalue weighted by Crippen LogP contribution is 2.35. The molecular weight excluding hydrogens is 378 g/mol. The molecule has 3 aromatic rings. The van der Waals surface area contributed by atoms with Crippen LogP contribution < -0.4 is 14.4 Å². The molecule has 0 unspecified atom stereocenters. The summed E-state index contributed by atoms with van der Waals surface area (Å²) in [5, 5.41) is 0. The van der Waals surface area contributed by atoms with Gasteiger partial charge in [-0.25, -0.2) is 4.79 Å². The summed E-state index contributed by atoms with van der Waals surface area (Å²) in [7, 11) is 3.94. The van der Waals surface area contributed by atoms with Crippen molar-refractivity contribution in [3.05, 3.63) is 94.7 Å². The van der Waals surface area contributed by atoms with Gasteiger partial charge in [-0.05, 0) is 54.5 Å². The lowest BCUT2D eigenvalue weighted by Gasteiger charge is -2.11. The van der Waals surface area contributed by atoms with E-state index < -0.39 is 5.97 Å². The Bertz CT molecular complexity index is 1160. The van der Waals surface area contributed by atoms with Gasteiger partial charge in [-0.2, -0.15) is 0 Å². The molecule has 4 rings (SSSR count). The standard InChI is InChI=1S/C25H21NO4/c1-16-6-4-5-7-20(16)25(28)29-19-12-13-21-22(15-19)30-23(24(21)27)14-17-8-10-18(11-9-17)26(2)3/h4-15H,1-3H3/b23-14-. The number of allylic oxidation sites excluding steroid dienone is 1. The third kappa shape index (κ3) is 3.82. The van der Waals surface area contributed by atoms with Crippen LogP contribution in [0.5, 0.6) is 11.5 Å². The van der Waals surface area contributed by atoms with Gasteiger partial charge in [-0.3, -0.25) is 4.79 Å². The molecular formula is C25H21NO4. The minimum Gasteiger partial charge on any atom is -0.452 e. The van der Waals surface area contributed by atoms with E-state index in [9.17, 15) is 9.59 Å². The van der Waals surface area contributed by atoms with Crippen molar-refractivity contribution >= 4 is 23.5 Å². The molecule has 0 N–H and O–H groups in total. The summed E-state index contributed by atoms with van der Waals surface area (Å²) in [6.45, 7) is 1.85. The Balaban J connectivity index is 1.54. The topological polar surface area (TPSA) is 55.8 Å². The lowest BCUT2D eigenvalue weighted by molar-refractivity contribution is 0.0733. The molecule has 0 radical (unpaired) electrons. The third-order valence-corrected chi connectivity index (χ3v) is 4.92. The lowest BCUT2D eigenvalue weighted by atomic mass is 10.1. The average molecular weight is 399 g/mol. The van der Waals surface area contributed by atoms with E-state index in [0.717, 1.165) is 16.8 Å². The minimum absolute atomic E-state index is 0.196. The Morgan fingerprint density at radius 2 is 1.73 bits per heavy atom. The second kappa shape index (κ2) is 7.87. The van der Waals surface area contributed by atoms with E-state index in [4.69, 9.17) is 9.47 Å². The van der Waals surface area contributed by atoms with Crippen LogP contribution in [0, 0.1) is 6.92 Å². The Hall–Kier alpha value is -3.86. The smallest absolute Gasteiger partial charge is 0.343 e. The van der Waals surface area contributed by atoms with E-state index >= 15 is 0 Å². The molecule has 0 atom stereocenters. The van der Waals surface area contributed by atoms with Crippen LogP contribution in [0.25, 0.3) is 6.08 Å². The van der Waals surface area contributed by atoms with Gasteiger partial charge in [-0.15, -0.1) is 0 Å². The second-order valence-corrected chi connectivity index (χ2v) is 7.29. The molecule has 0 amide bonds. The zero-order chi connectivity index (χ0) is 21.3. The zero-order valence-electron chi connectivity index (χ0n) is 17.0. The molecule has 0 saturated carbocycles. The van der Waals surface area contributed by atoms with Crippen LogP contribution in [0.1, 0.15) is 31.8 Å². The number of rotatable bonds is 4. The number of ketones is 1. The number of hydrogen-bond acceptors (Lipinski definition) is 5. The van der Waals surface area contributed by atoms with Gasteiger partial charge in [0.25, 0.3) is 0 Å². The summed E-state index contributed by atoms with van der Waals surface area (Å²) < 4.78 is 11.2. The maximum atomic E-state index is 12.7. The van der Waals surface area contributed by atoms with Crippen LogP contribution in [0.2, 0.25) is 0 Å². The van der Waals surface area contributed by atoms with Crippen LogP contribution in [0.4, 0.5) is 5.69 Å². The zero-order valence-corrected chi connectivity index (χ0v) is 17.0. The fraction of sp³-hybridized carbons (Fsp3) is 0.120. The van der Waals surface area contributed by atoms with E-state index in [2.05, 4.69) is 0 Å². The van der Waals surface area contributed by atoms with Crippen molar-refractivity contribution in [2.75, 3.05) is 19.0 Å². The number of esters is 1. The van der Waals surface area contributed by atoms with Gasteiger partial charge in [0.2, 0.25) is 5.78 Å². The molecule has 0 aliphatic carbocycles. The first-order valence-corrected chi connectivity index (χ1v) is 9.56. The molecule has 1 aliphatic heterocycles. The number of anilines is 1. The van der Waals surface area contributed by atoms with E-state index in [1.165, 1.54) is 0 Å². The highest BCUT2D eigenvalue weighted by molar-refractivity contribution is 6.14. The maximum Gasteiger partial charge on any atom is 0.343 e. The molecule has 1 heterocycles. The van der Waals surface area contributed by atoms with E-state index in [0.29, 0.717) is 22.6 Å². The number of hydrogen-bond donors (Lipinski definition) is 0. The molecule has 5 nitrogen and oxygen atoms in total. The highest BCUT2D eigenvalue weighted by atomic mass is 16.5. The Morgan fingerprint density at radius 3 is 2.43 bits per heavy atom. The number of nitrogens with zero attached hydrogens (tertiary/aromatic N) is 1. The number of benzene rings is 3. The third-order valence-electron chi connectivity index (χ3n) is 4.92. The van der Waals surface area contributed by atoms with E-state index in [-0.39, 0.29) is 11.5 Å². The number of ether oxygens (including phenoxy) is 2. The fourth-order valence-corrected chi connectivity index (χ4v) is 3.21. The van der Waals surface area contributed by atoms with Gasteiger partial charge in [0.15, 0.2) is 5.76 Å². The summed E-state index contributed by atoms with van der Waals surface area (Å²) in [6, 6.07) is 19.8. The lowest BCUT2D eigenvalue weighted by Crippen LogP contribution is -2.10. The van der Waals surface area contributed by atoms with Crippen LogP contribution in [0.3, 0.4) is 0 Å². The number of aryl methyl sites for hydroxylation is 1. The SMILES string of the molecule is Cc1ccccc1C(=O)Oc1ccc2c(c1)O/C(=C\c1ccc(N(C)C)cc1)C2=O. The molecule has 1 aliphatic rings. The first-order chi connectivity index (χ1) is 14.4. The summed E-state index contributed by atoms with van der Waals surface area (Å²) in [5.74, 6) is 0.301. The normalized spacial score (nSPS) is 13.7. The Labute approximate surface area is 175 Å². The second-order valence-electron chi connectivity index (χ2n) is 7.29. The van der Waals surface area contributed by atoms with Gasteiger partial charge in [0.1, 0.15) is 11.5 Å². The number of fused-ring (bicyclic) bond motifs is 1. The largest absolute Gasteiger partial charge is 0.452 e. The van der Waals surface area contributed by atoms with Crippen molar-refractivity contribution in [1.29, 1.82) is 0 Å². The summed E-state index contributed by atoms with van der Waals surface area (Å²) in [5.41, 5.74) is 3.71. The van der Waals surface area contributed by atoms with Crippen LogP contribution in [0.15, 0.2) is 72.5 Å². The molecule has 0 saturated heterocycles. The van der Waals surface area contributed by atoms with Crippen molar-refractivity contribution in [3.8, 4) is 11.5 Å². The quantitative estimate of drug-likeness (QED) is 0.355. The number of carbonyl (C=O) groups is 2. The molecule has 0 fully saturated rings. The van der Waals surface area contributed by atoms with Gasteiger partial charge >= 0.3 is 5.97 Å². The van der Waals surface area contributed by atoms with Crippen LogP contribution >= 0.6 is 0 Å². The summed E-state index contributed by atoms with van der Waals surface area (Å²) in [4.78, 5) is 27.1. The van der Waals surface area contributed by atoms with Gasteiger partial charge in [-0.1, -0.05) is 30.3 Å². The van der Waals surface area contributed by atoms with Crippen molar-refractivity contribution in [2.24, 2.45) is 0 Å². The van der Waals surface area contributed by atoms with E-state index in [1.807, 2.05) is 62.3 Å². The van der Waals surface area contributed by atoms with E-state index in [1.54, 1.807) is 36.4 Å². The predicted molar refractivity (Wildman–Crippen MR) is 116 cm³/mol.